The van der Waals surface area contributed by atoms with Gasteiger partial charge in [-0.2, -0.15) is 0 Å². The number of aryl methyl sites for hydroxylation is 2. The highest BCUT2D eigenvalue weighted by Gasteiger charge is 1.98. The summed E-state index contributed by atoms with van der Waals surface area (Å²) in [6.07, 6.45) is 3.61. The van der Waals surface area contributed by atoms with Crippen molar-refractivity contribution in [1.29, 1.82) is 0 Å². The first kappa shape index (κ1) is 10.7. The second-order valence-corrected chi connectivity index (χ2v) is 3.27. The van der Waals surface area contributed by atoms with Crippen molar-refractivity contribution in [3.63, 3.8) is 0 Å². The number of carbonyl (C=O) groups excluding carboxylic acids is 1. The molecule has 0 aliphatic carbocycles. The Morgan fingerprint density at radius 1 is 1.07 bits per heavy atom. The Labute approximate surface area is 84.7 Å². The smallest absolute Gasteiger partial charge is 0.211 e. The molecule has 14 heavy (non-hydrogen) atoms. The Bertz CT molecular complexity index is 329. The molecule has 0 aromatic heterocycles. The Kier molecular flexibility index (Phi) is 4.09. The fraction of sp³-hybridized carbons (Fsp3) is 0.417. The molecule has 1 aromatic rings. The van der Waals surface area contributed by atoms with Gasteiger partial charge in [0, 0.05) is 0 Å². The Morgan fingerprint density at radius 3 is 2.00 bits per heavy atom. The molecule has 0 radical (unpaired) electrons. The number of hydrogen-bond acceptors (Lipinski definition) is 2. The number of hydrogen-bond donors (Lipinski definition) is 0. The molecule has 0 N–H and O–H groups in total. The molecule has 0 amide bonds. The summed E-state index contributed by atoms with van der Waals surface area (Å²) in [5.74, 6) is 0. The maximum atomic E-state index is 10.00. The van der Waals surface area contributed by atoms with Gasteiger partial charge >= 0.3 is 0 Å². The van der Waals surface area contributed by atoms with E-state index in [1.165, 1.54) is 11.1 Å². The molecule has 0 atom stereocenters. The van der Waals surface area contributed by atoms with Crippen LogP contribution in [0.15, 0.2) is 23.2 Å². The van der Waals surface area contributed by atoms with Crippen molar-refractivity contribution >= 4 is 6.08 Å². The maximum absolute atomic E-state index is 10.00. The largest absolute Gasteiger partial charge is 0.235 e. The predicted molar refractivity (Wildman–Crippen MR) is 57.0 cm³/mol. The van der Waals surface area contributed by atoms with Crippen molar-refractivity contribution in [2.24, 2.45) is 4.99 Å². The average Bonchev–Trinajstić information content (AvgIpc) is 2.25. The zero-order valence-corrected chi connectivity index (χ0v) is 8.71. The molecule has 0 saturated heterocycles. The van der Waals surface area contributed by atoms with Gasteiger partial charge in [-0.3, -0.25) is 0 Å². The zero-order chi connectivity index (χ0) is 10.4. The fourth-order valence-electron chi connectivity index (χ4n) is 1.46. The van der Waals surface area contributed by atoms with Gasteiger partial charge in [0.05, 0.1) is 6.54 Å². The van der Waals surface area contributed by atoms with Crippen LogP contribution in [0.2, 0.25) is 0 Å². The first-order chi connectivity index (χ1) is 6.80. The molecule has 74 valence electrons. The number of benzene rings is 1. The van der Waals surface area contributed by atoms with Crippen molar-refractivity contribution in [3.8, 4) is 0 Å². The molecule has 0 aliphatic rings. The SMILES string of the molecule is CCc1cc(CC)cc(CN=C=O)c1. The summed E-state index contributed by atoms with van der Waals surface area (Å²) >= 11 is 0. The van der Waals surface area contributed by atoms with Gasteiger partial charge < -0.3 is 0 Å². The minimum Gasteiger partial charge on any atom is -0.211 e. The number of rotatable bonds is 4. The first-order valence-electron chi connectivity index (χ1n) is 4.95. The van der Waals surface area contributed by atoms with Crippen LogP contribution in [0.4, 0.5) is 0 Å². The highest BCUT2D eigenvalue weighted by atomic mass is 16.1. The highest BCUT2D eigenvalue weighted by Crippen LogP contribution is 2.12. The molecule has 0 spiro atoms. The lowest BCUT2D eigenvalue weighted by atomic mass is 10.0. The molecule has 1 aromatic carbocycles. The van der Waals surface area contributed by atoms with Crippen LogP contribution in [-0.2, 0) is 24.2 Å². The van der Waals surface area contributed by atoms with Crippen molar-refractivity contribution in [2.75, 3.05) is 0 Å². The van der Waals surface area contributed by atoms with E-state index in [0.717, 1.165) is 18.4 Å². The minimum absolute atomic E-state index is 0.449. The first-order valence-corrected chi connectivity index (χ1v) is 4.95. The fourth-order valence-corrected chi connectivity index (χ4v) is 1.46. The molecular weight excluding hydrogens is 174 g/mol. The van der Waals surface area contributed by atoms with E-state index in [-0.39, 0.29) is 0 Å². The summed E-state index contributed by atoms with van der Waals surface area (Å²) in [5.41, 5.74) is 3.71. The summed E-state index contributed by atoms with van der Waals surface area (Å²) in [7, 11) is 0. The third-order valence-electron chi connectivity index (χ3n) is 2.26. The molecular formula is C12H15NO. The van der Waals surface area contributed by atoms with E-state index in [0.29, 0.717) is 6.54 Å². The molecule has 2 heteroatoms. The lowest BCUT2D eigenvalue weighted by Crippen LogP contribution is -1.90. The van der Waals surface area contributed by atoms with E-state index in [2.05, 4.69) is 37.0 Å². The Balaban J connectivity index is 2.97. The summed E-state index contributed by atoms with van der Waals surface area (Å²) in [5, 5.41) is 0. The van der Waals surface area contributed by atoms with E-state index >= 15 is 0 Å². The van der Waals surface area contributed by atoms with E-state index < -0.39 is 0 Å². The van der Waals surface area contributed by atoms with Crippen molar-refractivity contribution < 1.29 is 4.79 Å². The van der Waals surface area contributed by atoms with E-state index in [1.807, 2.05) is 0 Å². The number of nitrogens with zero attached hydrogens (tertiary/aromatic N) is 1. The monoisotopic (exact) mass is 189 g/mol. The summed E-state index contributed by atoms with van der Waals surface area (Å²) in [6, 6.07) is 6.40. The normalized spacial score (nSPS) is 9.57. The molecule has 0 fully saturated rings. The van der Waals surface area contributed by atoms with Gasteiger partial charge in [-0.05, 0) is 29.5 Å². The van der Waals surface area contributed by atoms with Crippen LogP contribution in [-0.4, -0.2) is 6.08 Å². The summed E-state index contributed by atoms with van der Waals surface area (Å²) in [6.45, 7) is 4.70. The molecule has 0 heterocycles. The van der Waals surface area contributed by atoms with E-state index in [1.54, 1.807) is 6.08 Å². The third kappa shape index (κ3) is 2.82. The van der Waals surface area contributed by atoms with Crippen LogP contribution in [0, 0.1) is 0 Å². The van der Waals surface area contributed by atoms with Gasteiger partial charge in [-0.25, -0.2) is 9.79 Å². The van der Waals surface area contributed by atoms with Gasteiger partial charge in [0.15, 0.2) is 0 Å². The van der Waals surface area contributed by atoms with Crippen molar-refractivity contribution in [2.45, 2.75) is 33.2 Å². The quantitative estimate of drug-likeness (QED) is 0.529. The average molecular weight is 189 g/mol. The van der Waals surface area contributed by atoms with Crippen LogP contribution < -0.4 is 0 Å². The Hall–Kier alpha value is -1.40. The molecule has 2 nitrogen and oxygen atoms in total. The number of aliphatic imine (C=N–C) groups is 1. The third-order valence-corrected chi connectivity index (χ3v) is 2.26. The molecule has 1 rings (SSSR count). The van der Waals surface area contributed by atoms with Gasteiger partial charge in [0.25, 0.3) is 0 Å². The topological polar surface area (TPSA) is 29.4 Å². The molecule has 0 saturated carbocycles. The van der Waals surface area contributed by atoms with Crippen molar-refractivity contribution in [3.05, 3.63) is 34.9 Å². The second kappa shape index (κ2) is 5.36. The van der Waals surface area contributed by atoms with E-state index in [4.69, 9.17) is 0 Å². The highest BCUT2D eigenvalue weighted by molar-refractivity contribution is 5.35. The number of isocyanates is 1. The predicted octanol–water partition coefficient (Wildman–Crippen LogP) is 2.65. The van der Waals surface area contributed by atoms with Crippen LogP contribution in [0.25, 0.3) is 0 Å². The van der Waals surface area contributed by atoms with Crippen LogP contribution in [0.1, 0.15) is 30.5 Å². The van der Waals surface area contributed by atoms with Crippen LogP contribution in [0.5, 0.6) is 0 Å². The summed E-state index contributed by atoms with van der Waals surface area (Å²) < 4.78 is 0. The van der Waals surface area contributed by atoms with Gasteiger partial charge in [-0.1, -0.05) is 32.0 Å². The maximum Gasteiger partial charge on any atom is 0.235 e. The van der Waals surface area contributed by atoms with Crippen LogP contribution in [0.3, 0.4) is 0 Å². The van der Waals surface area contributed by atoms with Crippen molar-refractivity contribution in [1.82, 2.24) is 0 Å². The molecule has 0 unspecified atom stereocenters. The van der Waals surface area contributed by atoms with Crippen LogP contribution >= 0.6 is 0 Å². The standard InChI is InChI=1S/C12H15NO/c1-3-10-5-11(4-2)7-12(6-10)8-13-9-14/h5-7H,3-4,8H2,1-2H3. The summed E-state index contributed by atoms with van der Waals surface area (Å²) in [4.78, 5) is 13.6. The van der Waals surface area contributed by atoms with Gasteiger partial charge in [0.1, 0.15) is 0 Å². The Morgan fingerprint density at radius 2 is 1.57 bits per heavy atom. The van der Waals surface area contributed by atoms with E-state index in [9.17, 15) is 4.79 Å². The second-order valence-electron chi connectivity index (χ2n) is 3.27. The van der Waals surface area contributed by atoms with Gasteiger partial charge in [-0.15, -0.1) is 0 Å². The molecule has 0 bridgehead atoms. The lowest BCUT2D eigenvalue weighted by Gasteiger charge is -2.04. The van der Waals surface area contributed by atoms with Gasteiger partial charge in [0.2, 0.25) is 6.08 Å². The minimum atomic E-state index is 0.449. The molecule has 0 aliphatic heterocycles. The zero-order valence-electron chi connectivity index (χ0n) is 8.71. The lowest BCUT2D eigenvalue weighted by molar-refractivity contribution is 0.563.